The van der Waals surface area contributed by atoms with E-state index in [0.29, 0.717) is 13.1 Å². The lowest BCUT2D eigenvalue weighted by atomic mass is 9.73. The standard InChI is InChI=1S/C21H34N4O4/c1-14-12-15-16(22-17(26)28-19(2,3)4)21(13-25(15)23-14)8-10-24(11-9-21)18(27)29-20(5,6)7/h12,16H,8-11,13H2,1-7H3,(H,22,26)/t16-/m1/s1. The molecular weight excluding hydrogens is 372 g/mol. The normalized spacial score (nSPS) is 21.1. The first kappa shape index (κ1) is 21.5. The Morgan fingerprint density at radius 1 is 1.10 bits per heavy atom. The van der Waals surface area contributed by atoms with Crippen LogP contribution in [0.1, 0.15) is 71.8 Å². The summed E-state index contributed by atoms with van der Waals surface area (Å²) >= 11 is 0. The number of carbonyl (C=O) groups is 2. The summed E-state index contributed by atoms with van der Waals surface area (Å²) in [5.41, 5.74) is 0.661. The lowest BCUT2D eigenvalue weighted by molar-refractivity contribution is 0.00170. The van der Waals surface area contributed by atoms with Crippen LogP contribution in [0.4, 0.5) is 9.59 Å². The predicted octanol–water partition coefficient (Wildman–Crippen LogP) is 3.79. The Hall–Kier alpha value is -2.25. The van der Waals surface area contributed by atoms with Crippen molar-refractivity contribution in [3.8, 4) is 0 Å². The number of carbonyl (C=O) groups excluding carboxylic acids is 2. The van der Waals surface area contributed by atoms with Crippen molar-refractivity contribution in [1.82, 2.24) is 20.0 Å². The number of piperidine rings is 1. The minimum absolute atomic E-state index is 0.189. The van der Waals surface area contributed by atoms with Gasteiger partial charge in [-0.1, -0.05) is 0 Å². The number of fused-ring (bicyclic) bond motifs is 1. The number of likely N-dealkylation sites (tertiary alicyclic amines) is 1. The summed E-state index contributed by atoms with van der Waals surface area (Å²) in [4.78, 5) is 26.7. The van der Waals surface area contributed by atoms with E-state index in [1.165, 1.54) is 0 Å². The smallest absolute Gasteiger partial charge is 0.410 e. The molecule has 3 heterocycles. The molecule has 2 aliphatic rings. The molecule has 1 spiro atoms. The van der Waals surface area contributed by atoms with Gasteiger partial charge in [0.1, 0.15) is 11.2 Å². The zero-order valence-electron chi connectivity index (χ0n) is 18.7. The van der Waals surface area contributed by atoms with Crippen molar-refractivity contribution in [2.24, 2.45) is 5.41 Å². The Bertz CT molecular complexity index is 780. The van der Waals surface area contributed by atoms with E-state index < -0.39 is 17.3 Å². The van der Waals surface area contributed by atoms with Crippen molar-refractivity contribution in [2.75, 3.05) is 13.1 Å². The quantitative estimate of drug-likeness (QED) is 0.767. The molecule has 1 atom stereocenters. The van der Waals surface area contributed by atoms with Gasteiger partial charge in [-0.15, -0.1) is 0 Å². The summed E-state index contributed by atoms with van der Waals surface area (Å²) in [6, 6.07) is 1.83. The Morgan fingerprint density at radius 2 is 1.69 bits per heavy atom. The van der Waals surface area contributed by atoms with E-state index >= 15 is 0 Å². The van der Waals surface area contributed by atoms with Gasteiger partial charge < -0.3 is 19.7 Å². The molecule has 8 heteroatoms. The fourth-order valence-corrected chi connectivity index (χ4v) is 4.19. The number of hydrogen-bond donors (Lipinski definition) is 1. The van der Waals surface area contributed by atoms with Crippen LogP contribution in [-0.2, 0) is 16.0 Å². The molecule has 1 aromatic rings. The van der Waals surface area contributed by atoms with Crippen LogP contribution >= 0.6 is 0 Å². The molecule has 1 fully saturated rings. The van der Waals surface area contributed by atoms with Gasteiger partial charge in [-0.2, -0.15) is 5.10 Å². The average molecular weight is 407 g/mol. The number of aryl methyl sites for hydroxylation is 1. The molecule has 29 heavy (non-hydrogen) atoms. The second kappa shape index (κ2) is 7.22. The summed E-state index contributed by atoms with van der Waals surface area (Å²) in [5.74, 6) is 0. The fraction of sp³-hybridized carbons (Fsp3) is 0.762. The van der Waals surface area contributed by atoms with Gasteiger partial charge >= 0.3 is 12.2 Å². The minimum Gasteiger partial charge on any atom is -0.444 e. The van der Waals surface area contributed by atoms with Crippen LogP contribution in [0.2, 0.25) is 0 Å². The third-order valence-electron chi connectivity index (χ3n) is 5.38. The fourth-order valence-electron chi connectivity index (χ4n) is 4.19. The Balaban J connectivity index is 1.75. The first-order valence-corrected chi connectivity index (χ1v) is 10.3. The molecule has 0 aromatic carbocycles. The number of ether oxygens (including phenoxy) is 2. The second-order valence-corrected chi connectivity index (χ2v) is 10.3. The third-order valence-corrected chi connectivity index (χ3v) is 5.38. The van der Waals surface area contributed by atoms with Gasteiger partial charge in [0, 0.05) is 25.0 Å². The second-order valence-electron chi connectivity index (χ2n) is 10.3. The van der Waals surface area contributed by atoms with Crippen LogP contribution < -0.4 is 5.32 Å². The van der Waals surface area contributed by atoms with E-state index in [4.69, 9.17) is 9.47 Å². The van der Waals surface area contributed by atoms with Crippen LogP contribution in [0.25, 0.3) is 0 Å². The minimum atomic E-state index is -0.563. The van der Waals surface area contributed by atoms with Crippen molar-refractivity contribution in [1.29, 1.82) is 0 Å². The van der Waals surface area contributed by atoms with Gasteiger partial charge in [0.25, 0.3) is 0 Å². The molecule has 3 rings (SSSR count). The van der Waals surface area contributed by atoms with E-state index in [9.17, 15) is 9.59 Å². The van der Waals surface area contributed by atoms with E-state index in [1.54, 1.807) is 4.90 Å². The lowest BCUT2D eigenvalue weighted by Crippen LogP contribution is -2.50. The number of rotatable bonds is 1. The van der Waals surface area contributed by atoms with Crippen LogP contribution in [0, 0.1) is 12.3 Å². The number of aromatic nitrogens is 2. The highest BCUT2D eigenvalue weighted by Gasteiger charge is 2.50. The van der Waals surface area contributed by atoms with Gasteiger partial charge in [-0.25, -0.2) is 9.59 Å². The number of nitrogens with one attached hydrogen (secondary N) is 1. The SMILES string of the molecule is Cc1cc2n(n1)CC1(CCN(C(=O)OC(C)(C)C)CC1)[C@@H]2NC(=O)OC(C)(C)C. The summed E-state index contributed by atoms with van der Waals surface area (Å²) in [6.45, 7) is 15.0. The van der Waals surface area contributed by atoms with Crippen molar-refractivity contribution in [2.45, 2.75) is 85.1 Å². The number of amides is 2. The van der Waals surface area contributed by atoms with Gasteiger partial charge in [-0.3, -0.25) is 4.68 Å². The zero-order valence-corrected chi connectivity index (χ0v) is 18.7. The van der Waals surface area contributed by atoms with Gasteiger partial charge in [-0.05, 0) is 67.4 Å². The maximum absolute atomic E-state index is 12.5. The monoisotopic (exact) mass is 406 g/mol. The first-order chi connectivity index (χ1) is 13.3. The highest BCUT2D eigenvalue weighted by Crippen LogP contribution is 2.49. The topological polar surface area (TPSA) is 85.7 Å². The molecule has 1 N–H and O–H groups in total. The van der Waals surface area contributed by atoms with Crippen molar-refractivity contribution < 1.29 is 19.1 Å². The van der Waals surface area contributed by atoms with E-state index in [-0.39, 0.29) is 17.6 Å². The molecule has 0 radical (unpaired) electrons. The Kier molecular flexibility index (Phi) is 5.34. The van der Waals surface area contributed by atoms with Gasteiger partial charge in [0.15, 0.2) is 0 Å². The van der Waals surface area contributed by atoms with Crippen LogP contribution in [0.15, 0.2) is 6.07 Å². The molecule has 2 aliphatic heterocycles. The number of alkyl carbamates (subject to hydrolysis) is 1. The van der Waals surface area contributed by atoms with Crippen LogP contribution in [0.3, 0.4) is 0 Å². The first-order valence-electron chi connectivity index (χ1n) is 10.3. The maximum atomic E-state index is 12.5. The Morgan fingerprint density at radius 3 is 2.24 bits per heavy atom. The number of hydrogen-bond acceptors (Lipinski definition) is 5. The summed E-state index contributed by atoms with van der Waals surface area (Å²) in [6.07, 6.45) is 0.809. The zero-order chi connectivity index (χ0) is 21.6. The van der Waals surface area contributed by atoms with E-state index in [1.807, 2.05) is 59.2 Å². The van der Waals surface area contributed by atoms with Crippen LogP contribution in [0.5, 0.6) is 0 Å². The van der Waals surface area contributed by atoms with E-state index in [0.717, 1.165) is 30.8 Å². The average Bonchev–Trinajstić information content (AvgIpc) is 3.00. The Labute approximate surface area is 172 Å². The van der Waals surface area contributed by atoms with Crippen molar-refractivity contribution in [3.05, 3.63) is 17.5 Å². The highest BCUT2D eigenvalue weighted by atomic mass is 16.6. The summed E-state index contributed by atoms with van der Waals surface area (Å²) < 4.78 is 13.0. The largest absolute Gasteiger partial charge is 0.444 e. The molecule has 0 saturated carbocycles. The summed E-state index contributed by atoms with van der Waals surface area (Å²) in [5, 5.41) is 7.69. The predicted molar refractivity (Wildman–Crippen MR) is 109 cm³/mol. The lowest BCUT2D eigenvalue weighted by Gasteiger charge is -2.42. The van der Waals surface area contributed by atoms with E-state index in [2.05, 4.69) is 10.4 Å². The van der Waals surface area contributed by atoms with Crippen molar-refractivity contribution in [3.63, 3.8) is 0 Å². The molecule has 0 unspecified atom stereocenters. The molecule has 2 amide bonds. The molecule has 1 aromatic heterocycles. The molecule has 0 bridgehead atoms. The highest BCUT2D eigenvalue weighted by molar-refractivity contribution is 5.69. The maximum Gasteiger partial charge on any atom is 0.410 e. The summed E-state index contributed by atoms with van der Waals surface area (Å²) in [7, 11) is 0. The molecule has 0 aliphatic carbocycles. The number of nitrogens with zero attached hydrogens (tertiary/aromatic N) is 3. The molecular formula is C21H34N4O4. The van der Waals surface area contributed by atoms with Gasteiger partial charge in [0.2, 0.25) is 0 Å². The van der Waals surface area contributed by atoms with Crippen molar-refractivity contribution >= 4 is 12.2 Å². The van der Waals surface area contributed by atoms with Gasteiger partial charge in [0.05, 0.1) is 17.4 Å². The van der Waals surface area contributed by atoms with Crippen LogP contribution in [-0.4, -0.2) is 51.2 Å². The molecule has 1 saturated heterocycles. The molecule has 8 nitrogen and oxygen atoms in total. The molecule has 162 valence electrons. The third kappa shape index (κ3) is 4.85.